The summed E-state index contributed by atoms with van der Waals surface area (Å²) in [5.41, 5.74) is 9.64. The molecule has 0 unspecified atom stereocenters. The minimum atomic E-state index is -4.80. The molecule has 0 aromatic heterocycles. The lowest BCUT2D eigenvalue weighted by Crippen LogP contribution is -2.44. The van der Waals surface area contributed by atoms with Gasteiger partial charge < -0.3 is 30.3 Å². The molecule has 2 amide bonds. The average molecular weight is 623 g/mol. The fourth-order valence-electron chi connectivity index (χ4n) is 4.63. The fourth-order valence-corrected chi connectivity index (χ4v) is 5.62. The first kappa shape index (κ1) is 31.5. The van der Waals surface area contributed by atoms with E-state index in [9.17, 15) is 22.8 Å². The van der Waals surface area contributed by atoms with E-state index in [2.05, 4.69) is 15.0 Å². The number of hydrogen-bond acceptors (Lipinski definition) is 7. The molecular formula is C29H30ClF3N4O4S. The van der Waals surface area contributed by atoms with E-state index in [1.165, 1.54) is 40.9 Å². The Kier molecular flexibility index (Phi) is 10.3. The quantitative estimate of drug-likeness (QED) is 0.393. The molecule has 3 N–H and O–H groups in total. The molecule has 224 valence electrons. The van der Waals surface area contributed by atoms with Gasteiger partial charge in [0.2, 0.25) is 5.91 Å². The Hall–Kier alpha value is -3.45. The second-order valence-corrected chi connectivity index (χ2v) is 10.7. The second-order valence-electron chi connectivity index (χ2n) is 9.66. The molecule has 3 aromatic carbocycles. The third-order valence-electron chi connectivity index (χ3n) is 6.78. The van der Waals surface area contributed by atoms with Crippen molar-refractivity contribution in [3.8, 4) is 5.75 Å². The number of carbonyl (C=O) groups is 2. The lowest BCUT2D eigenvalue weighted by molar-refractivity contribution is -0.274. The van der Waals surface area contributed by atoms with Crippen LogP contribution in [0.1, 0.15) is 21.5 Å². The Morgan fingerprint density at radius 1 is 1.02 bits per heavy atom. The number of thioether (sulfide) groups is 1. The number of anilines is 2. The van der Waals surface area contributed by atoms with Crippen LogP contribution in [0.3, 0.4) is 0 Å². The van der Waals surface area contributed by atoms with Crippen molar-refractivity contribution in [1.29, 1.82) is 0 Å². The summed E-state index contributed by atoms with van der Waals surface area (Å²) in [6, 6.07) is 17.7. The first-order chi connectivity index (χ1) is 19.7. The molecule has 5 rings (SSSR count). The van der Waals surface area contributed by atoms with Crippen molar-refractivity contribution in [2.45, 2.75) is 30.4 Å². The first-order valence-corrected chi connectivity index (χ1v) is 14.0. The van der Waals surface area contributed by atoms with Gasteiger partial charge in [-0.05, 0) is 53.6 Å². The molecule has 0 bridgehead atoms. The van der Waals surface area contributed by atoms with Crippen LogP contribution in [-0.2, 0) is 22.6 Å². The van der Waals surface area contributed by atoms with Crippen molar-refractivity contribution in [2.75, 3.05) is 41.9 Å². The van der Waals surface area contributed by atoms with Gasteiger partial charge in [-0.1, -0.05) is 24.3 Å². The molecule has 0 saturated carbocycles. The Morgan fingerprint density at radius 2 is 1.69 bits per heavy atom. The largest absolute Gasteiger partial charge is 0.573 e. The highest BCUT2D eigenvalue weighted by atomic mass is 35.5. The first-order valence-electron chi connectivity index (χ1n) is 13.0. The monoisotopic (exact) mass is 622 g/mol. The lowest BCUT2D eigenvalue weighted by atomic mass is 10.1. The number of rotatable bonds is 7. The number of ether oxygens (including phenoxy) is 2. The average Bonchev–Trinajstić information content (AvgIpc) is 3.08. The van der Waals surface area contributed by atoms with E-state index >= 15 is 0 Å². The third kappa shape index (κ3) is 7.88. The zero-order valence-corrected chi connectivity index (χ0v) is 24.1. The number of nitrogens with zero attached hydrogens (tertiary/aromatic N) is 2. The van der Waals surface area contributed by atoms with Crippen LogP contribution in [0.25, 0.3) is 0 Å². The Bertz CT molecular complexity index is 1390. The van der Waals surface area contributed by atoms with E-state index in [4.69, 9.17) is 10.5 Å². The van der Waals surface area contributed by atoms with E-state index in [0.29, 0.717) is 42.3 Å². The summed E-state index contributed by atoms with van der Waals surface area (Å²) >= 11 is 1.41. The van der Waals surface area contributed by atoms with E-state index in [1.807, 2.05) is 24.3 Å². The number of hydrogen-bond donors (Lipinski definition) is 2. The van der Waals surface area contributed by atoms with Gasteiger partial charge in [0.25, 0.3) is 5.91 Å². The summed E-state index contributed by atoms with van der Waals surface area (Å²) in [6.45, 7) is 3.48. The lowest BCUT2D eigenvalue weighted by Gasteiger charge is -2.28. The topological polar surface area (TPSA) is 97.1 Å². The minimum Gasteiger partial charge on any atom is -0.406 e. The smallest absolute Gasteiger partial charge is 0.406 e. The van der Waals surface area contributed by atoms with Crippen LogP contribution in [0.2, 0.25) is 0 Å². The maximum Gasteiger partial charge on any atom is 0.573 e. The molecule has 8 nitrogen and oxygen atoms in total. The predicted octanol–water partition coefficient (Wildman–Crippen LogP) is 4.74. The van der Waals surface area contributed by atoms with Gasteiger partial charge in [0, 0.05) is 41.5 Å². The van der Waals surface area contributed by atoms with Crippen LogP contribution in [0, 0.1) is 0 Å². The Morgan fingerprint density at radius 3 is 2.36 bits per heavy atom. The summed E-state index contributed by atoms with van der Waals surface area (Å²) in [4.78, 5) is 30.8. The number of alkyl halides is 3. The van der Waals surface area contributed by atoms with Crippen LogP contribution in [0.4, 0.5) is 24.5 Å². The molecule has 0 spiro atoms. The maximum absolute atomic E-state index is 13.2. The van der Waals surface area contributed by atoms with E-state index in [0.717, 1.165) is 29.2 Å². The van der Waals surface area contributed by atoms with Gasteiger partial charge in [0.05, 0.1) is 31.5 Å². The second kappa shape index (κ2) is 13.7. The highest BCUT2D eigenvalue weighted by Gasteiger charge is 2.32. The molecule has 2 aliphatic heterocycles. The third-order valence-corrected chi connectivity index (χ3v) is 7.96. The number of fused-ring (bicyclic) bond motifs is 1. The number of amides is 2. The summed E-state index contributed by atoms with van der Waals surface area (Å²) in [5, 5.41) is 2.93. The fraction of sp³-hybridized carbons (Fsp3) is 0.310. The molecule has 1 saturated heterocycles. The van der Waals surface area contributed by atoms with E-state index in [-0.39, 0.29) is 36.5 Å². The van der Waals surface area contributed by atoms with Crippen LogP contribution in [-0.4, -0.2) is 56.3 Å². The number of halogens is 4. The molecule has 0 radical (unpaired) electrons. The minimum absolute atomic E-state index is 0. The van der Waals surface area contributed by atoms with Crippen molar-refractivity contribution < 1.29 is 32.2 Å². The van der Waals surface area contributed by atoms with Crippen molar-refractivity contribution in [3.63, 3.8) is 0 Å². The standard InChI is InChI=1S/C29H29F3N4O4S.ClH/c30-29(31,32)40-23-8-3-20(4-9-23)17-36-25-15-21(5-10-26(25)41-18-24(33)28(36)38)27(37)34-16-19-1-6-22(7-2-19)35-11-13-39-14-12-35;/h1-10,15,24H,11-14,16-18,33H2,(H,34,37);1H/t24-;/m0./s1. The molecular weight excluding hydrogens is 593 g/mol. The summed E-state index contributed by atoms with van der Waals surface area (Å²) in [5.74, 6) is -0.646. The Labute approximate surface area is 251 Å². The van der Waals surface area contributed by atoms with Gasteiger partial charge in [-0.15, -0.1) is 37.3 Å². The van der Waals surface area contributed by atoms with Gasteiger partial charge in [0.15, 0.2) is 0 Å². The van der Waals surface area contributed by atoms with E-state index in [1.54, 1.807) is 18.2 Å². The van der Waals surface area contributed by atoms with Crippen LogP contribution < -0.4 is 25.6 Å². The predicted molar refractivity (Wildman–Crippen MR) is 157 cm³/mol. The molecule has 13 heteroatoms. The van der Waals surface area contributed by atoms with Crippen LogP contribution in [0.15, 0.2) is 71.6 Å². The van der Waals surface area contributed by atoms with Crippen molar-refractivity contribution in [1.82, 2.24) is 5.32 Å². The van der Waals surface area contributed by atoms with Gasteiger partial charge in [0.1, 0.15) is 5.75 Å². The molecule has 1 atom stereocenters. The van der Waals surface area contributed by atoms with Gasteiger partial charge in [-0.25, -0.2) is 0 Å². The van der Waals surface area contributed by atoms with Gasteiger partial charge in [-0.3, -0.25) is 9.59 Å². The summed E-state index contributed by atoms with van der Waals surface area (Å²) < 4.78 is 46.9. The van der Waals surface area contributed by atoms with Crippen molar-refractivity contribution in [2.24, 2.45) is 5.73 Å². The van der Waals surface area contributed by atoms with Crippen LogP contribution in [0.5, 0.6) is 5.75 Å². The zero-order chi connectivity index (χ0) is 29.0. The summed E-state index contributed by atoms with van der Waals surface area (Å²) in [7, 11) is 0. The molecule has 42 heavy (non-hydrogen) atoms. The Balaban J connectivity index is 0.00000405. The number of nitrogens with two attached hydrogens (primary N) is 1. The SMILES string of the molecule is Cl.N[C@H]1CSc2ccc(C(=O)NCc3ccc(N4CCOCC4)cc3)cc2N(Cc2ccc(OC(F)(F)F)cc2)C1=O. The molecule has 0 aliphatic carbocycles. The number of nitrogens with one attached hydrogen (secondary N) is 1. The molecule has 3 aromatic rings. The number of morpholine rings is 1. The highest BCUT2D eigenvalue weighted by molar-refractivity contribution is 7.99. The molecule has 1 fully saturated rings. The van der Waals surface area contributed by atoms with Gasteiger partial charge in [-0.2, -0.15) is 0 Å². The van der Waals surface area contributed by atoms with Crippen LogP contribution >= 0.6 is 24.2 Å². The number of carbonyl (C=O) groups excluding carboxylic acids is 2. The maximum atomic E-state index is 13.2. The van der Waals surface area contributed by atoms with Crippen molar-refractivity contribution in [3.05, 3.63) is 83.4 Å². The molecule has 2 aliphatic rings. The normalized spacial score (nSPS) is 17.1. The molecule has 2 heterocycles. The van der Waals surface area contributed by atoms with Gasteiger partial charge >= 0.3 is 6.36 Å². The summed E-state index contributed by atoms with van der Waals surface area (Å²) in [6.07, 6.45) is -4.80. The van der Waals surface area contributed by atoms with Crippen molar-refractivity contribution >= 4 is 47.4 Å². The van der Waals surface area contributed by atoms with E-state index < -0.39 is 12.4 Å². The number of benzene rings is 3. The highest BCUT2D eigenvalue weighted by Crippen LogP contribution is 2.36. The zero-order valence-electron chi connectivity index (χ0n) is 22.4.